The number of hydrogen-bond donors (Lipinski definition) is 1. The van der Waals surface area contributed by atoms with E-state index in [9.17, 15) is 4.79 Å². The molecular weight excluding hydrogens is 286 g/mol. The van der Waals surface area contributed by atoms with Gasteiger partial charge in [-0.2, -0.15) is 0 Å². The van der Waals surface area contributed by atoms with Crippen LogP contribution in [-0.4, -0.2) is 22.0 Å². The van der Waals surface area contributed by atoms with Crippen LogP contribution < -0.4 is 5.32 Å². The number of hydrogen-bond acceptors (Lipinski definition) is 2. The number of nitrogens with zero attached hydrogens (tertiary/aromatic N) is 2. The predicted octanol–water partition coefficient (Wildman–Crippen LogP) is 3.42. The van der Waals surface area contributed by atoms with Crippen LogP contribution in [0.3, 0.4) is 0 Å². The van der Waals surface area contributed by atoms with Crippen LogP contribution >= 0.6 is 0 Å². The number of carbonyl (C=O) groups is 1. The van der Waals surface area contributed by atoms with Gasteiger partial charge in [-0.1, -0.05) is 30.3 Å². The van der Waals surface area contributed by atoms with Crippen molar-refractivity contribution in [1.29, 1.82) is 0 Å². The zero-order valence-electron chi connectivity index (χ0n) is 13.3. The Morgan fingerprint density at radius 1 is 1.09 bits per heavy atom. The third-order valence-corrected chi connectivity index (χ3v) is 3.95. The van der Waals surface area contributed by atoms with Crippen LogP contribution in [0.15, 0.2) is 54.6 Å². The molecule has 0 saturated carbocycles. The van der Waals surface area contributed by atoms with E-state index in [1.54, 1.807) is 0 Å². The fourth-order valence-electron chi connectivity index (χ4n) is 2.81. The van der Waals surface area contributed by atoms with E-state index in [-0.39, 0.29) is 5.91 Å². The summed E-state index contributed by atoms with van der Waals surface area (Å²) in [6, 6.07) is 17.5. The lowest BCUT2D eigenvalue weighted by Crippen LogP contribution is -2.24. The monoisotopic (exact) mass is 307 g/mol. The molecule has 0 fully saturated rings. The Morgan fingerprint density at radius 2 is 1.83 bits per heavy atom. The molecule has 0 bridgehead atoms. The third-order valence-electron chi connectivity index (χ3n) is 3.95. The van der Waals surface area contributed by atoms with Crippen LogP contribution in [0.25, 0.3) is 11.0 Å². The molecule has 1 amide bonds. The summed E-state index contributed by atoms with van der Waals surface area (Å²) in [6.45, 7) is 3.70. The van der Waals surface area contributed by atoms with Crippen molar-refractivity contribution < 1.29 is 4.79 Å². The van der Waals surface area contributed by atoms with E-state index in [4.69, 9.17) is 4.98 Å². The number of para-hydroxylation sites is 2. The van der Waals surface area contributed by atoms with Crippen LogP contribution in [-0.2, 0) is 13.0 Å². The highest BCUT2D eigenvalue weighted by atomic mass is 16.1. The third kappa shape index (κ3) is 3.42. The first kappa shape index (κ1) is 15.3. The van der Waals surface area contributed by atoms with Gasteiger partial charge < -0.3 is 9.88 Å². The summed E-state index contributed by atoms with van der Waals surface area (Å²) in [6.07, 6.45) is 1.74. The number of nitrogens with one attached hydrogen (secondary N) is 1. The maximum absolute atomic E-state index is 12.0. The average molecular weight is 307 g/mol. The Labute approximate surface area is 136 Å². The summed E-state index contributed by atoms with van der Waals surface area (Å²) in [5.74, 6) is 1.07. The summed E-state index contributed by atoms with van der Waals surface area (Å²) >= 11 is 0. The fourth-order valence-corrected chi connectivity index (χ4v) is 2.81. The Morgan fingerprint density at radius 3 is 2.61 bits per heavy atom. The SMILES string of the molecule is CCn1c(CCCNC(=O)c2ccccc2)nc2ccccc21. The number of benzene rings is 2. The molecule has 0 aliphatic carbocycles. The first-order valence-corrected chi connectivity index (χ1v) is 8.07. The van der Waals surface area contributed by atoms with E-state index in [2.05, 4.69) is 22.9 Å². The molecule has 4 heteroatoms. The van der Waals surface area contributed by atoms with E-state index in [1.165, 1.54) is 5.52 Å². The minimum Gasteiger partial charge on any atom is -0.352 e. The van der Waals surface area contributed by atoms with Crippen molar-refractivity contribution in [2.75, 3.05) is 6.54 Å². The molecule has 3 rings (SSSR count). The van der Waals surface area contributed by atoms with Gasteiger partial charge in [0, 0.05) is 25.1 Å². The number of imidazole rings is 1. The second-order valence-corrected chi connectivity index (χ2v) is 5.49. The maximum Gasteiger partial charge on any atom is 0.251 e. The molecule has 1 N–H and O–H groups in total. The molecule has 0 aliphatic rings. The van der Waals surface area contributed by atoms with E-state index in [1.807, 2.05) is 48.5 Å². The quantitative estimate of drug-likeness (QED) is 0.709. The van der Waals surface area contributed by atoms with Crippen LogP contribution in [0.2, 0.25) is 0 Å². The van der Waals surface area contributed by atoms with Crippen molar-refractivity contribution in [2.24, 2.45) is 0 Å². The van der Waals surface area contributed by atoms with Crippen molar-refractivity contribution in [3.63, 3.8) is 0 Å². The highest BCUT2D eigenvalue weighted by molar-refractivity contribution is 5.94. The Kier molecular flexibility index (Phi) is 4.71. The normalized spacial score (nSPS) is 10.8. The van der Waals surface area contributed by atoms with Crippen molar-refractivity contribution in [1.82, 2.24) is 14.9 Å². The minimum atomic E-state index is -0.0189. The molecule has 0 saturated heterocycles. The average Bonchev–Trinajstić information content (AvgIpc) is 2.96. The van der Waals surface area contributed by atoms with Gasteiger partial charge in [0.15, 0.2) is 0 Å². The highest BCUT2D eigenvalue weighted by Gasteiger charge is 2.09. The van der Waals surface area contributed by atoms with Gasteiger partial charge in [-0.15, -0.1) is 0 Å². The lowest BCUT2D eigenvalue weighted by atomic mass is 10.2. The topological polar surface area (TPSA) is 46.9 Å². The first-order chi connectivity index (χ1) is 11.3. The molecule has 0 radical (unpaired) electrons. The molecule has 3 aromatic rings. The first-order valence-electron chi connectivity index (χ1n) is 8.07. The van der Waals surface area contributed by atoms with Crippen molar-refractivity contribution in [3.8, 4) is 0 Å². The van der Waals surface area contributed by atoms with Gasteiger partial charge in [0.1, 0.15) is 5.82 Å². The lowest BCUT2D eigenvalue weighted by Gasteiger charge is -2.07. The van der Waals surface area contributed by atoms with Crippen LogP contribution in [0.1, 0.15) is 29.5 Å². The maximum atomic E-state index is 12.0. The summed E-state index contributed by atoms with van der Waals surface area (Å²) in [7, 11) is 0. The van der Waals surface area contributed by atoms with E-state index in [0.717, 1.165) is 30.7 Å². The lowest BCUT2D eigenvalue weighted by molar-refractivity contribution is 0.0953. The van der Waals surface area contributed by atoms with E-state index >= 15 is 0 Å². The number of fused-ring (bicyclic) bond motifs is 1. The molecule has 0 unspecified atom stereocenters. The molecule has 23 heavy (non-hydrogen) atoms. The molecule has 0 aliphatic heterocycles. The van der Waals surface area contributed by atoms with Crippen molar-refractivity contribution in [2.45, 2.75) is 26.3 Å². The van der Waals surface area contributed by atoms with Gasteiger partial charge in [-0.05, 0) is 37.6 Å². The number of aromatic nitrogens is 2. The molecule has 0 atom stereocenters. The smallest absolute Gasteiger partial charge is 0.251 e. The fraction of sp³-hybridized carbons (Fsp3) is 0.263. The summed E-state index contributed by atoms with van der Waals surface area (Å²) in [5, 5.41) is 2.96. The van der Waals surface area contributed by atoms with E-state index < -0.39 is 0 Å². The number of rotatable bonds is 6. The summed E-state index contributed by atoms with van der Waals surface area (Å²) in [5.41, 5.74) is 2.92. The number of amides is 1. The zero-order valence-corrected chi connectivity index (χ0v) is 13.3. The molecule has 118 valence electrons. The van der Waals surface area contributed by atoms with Gasteiger partial charge in [0.05, 0.1) is 11.0 Å². The Balaban J connectivity index is 1.58. The molecule has 4 nitrogen and oxygen atoms in total. The molecule has 0 spiro atoms. The second kappa shape index (κ2) is 7.09. The number of aryl methyl sites for hydroxylation is 2. The van der Waals surface area contributed by atoms with Gasteiger partial charge in [0.25, 0.3) is 5.91 Å². The Bertz CT molecular complexity index is 793. The van der Waals surface area contributed by atoms with Crippen LogP contribution in [0, 0.1) is 0 Å². The Hall–Kier alpha value is -2.62. The van der Waals surface area contributed by atoms with Crippen LogP contribution in [0.4, 0.5) is 0 Å². The van der Waals surface area contributed by atoms with Gasteiger partial charge in [-0.3, -0.25) is 4.79 Å². The number of carbonyl (C=O) groups excluding carboxylic acids is 1. The van der Waals surface area contributed by atoms with Gasteiger partial charge in [0.2, 0.25) is 0 Å². The summed E-state index contributed by atoms with van der Waals surface area (Å²) < 4.78 is 2.24. The predicted molar refractivity (Wildman–Crippen MR) is 92.5 cm³/mol. The standard InChI is InChI=1S/C19H21N3O/c1-2-22-17-12-7-6-11-16(17)21-18(22)13-8-14-20-19(23)15-9-4-3-5-10-15/h3-7,9-12H,2,8,13-14H2,1H3,(H,20,23). The minimum absolute atomic E-state index is 0.0189. The largest absolute Gasteiger partial charge is 0.352 e. The second-order valence-electron chi connectivity index (χ2n) is 5.49. The highest BCUT2D eigenvalue weighted by Crippen LogP contribution is 2.16. The van der Waals surface area contributed by atoms with Gasteiger partial charge in [-0.25, -0.2) is 4.98 Å². The zero-order chi connectivity index (χ0) is 16.1. The van der Waals surface area contributed by atoms with Crippen molar-refractivity contribution in [3.05, 3.63) is 66.0 Å². The molecule has 2 aromatic carbocycles. The molecule has 1 aromatic heterocycles. The van der Waals surface area contributed by atoms with Crippen molar-refractivity contribution >= 4 is 16.9 Å². The van der Waals surface area contributed by atoms with E-state index in [0.29, 0.717) is 12.1 Å². The molecular formula is C19H21N3O. The molecule has 1 heterocycles. The van der Waals surface area contributed by atoms with Crippen LogP contribution in [0.5, 0.6) is 0 Å². The van der Waals surface area contributed by atoms with Gasteiger partial charge >= 0.3 is 0 Å². The summed E-state index contributed by atoms with van der Waals surface area (Å²) in [4.78, 5) is 16.7.